The Morgan fingerprint density at radius 3 is 2.48 bits per heavy atom. The van der Waals surface area contributed by atoms with Crippen molar-refractivity contribution in [2.75, 3.05) is 32.8 Å². The normalized spacial score (nSPS) is 18.8. The lowest BCUT2D eigenvalue weighted by Gasteiger charge is -2.32. The first kappa shape index (κ1) is 16.5. The van der Waals surface area contributed by atoms with Gasteiger partial charge in [-0.1, -0.05) is 36.8 Å². The lowest BCUT2D eigenvalue weighted by Crippen LogP contribution is -2.37. The molecule has 118 valence electrons. The second-order valence-corrected chi connectivity index (χ2v) is 6.28. The monoisotopic (exact) mass is 290 g/mol. The average molecular weight is 290 g/mol. The van der Waals surface area contributed by atoms with Crippen LogP contribution in [0.15, 0.2) is 24.3 Å². The maximum Gasteiger partial charge on any atom is 0.0460 e. The number of piperidine rings is 1. The molecule has 3 nitrogen and oxygen atoms in total. The van der Waals surface area contributed by atoms with Crippen molar-refractivity contribution >= 4 is 0 Å². The number of hydrogen-bond acceptors (Lipinski definition) is 3. The van der Waals surface area contributed by atoms with Crippen LogP contribution in [0.25, 0.3) is 0 Å². The Morgan fingerprint density at radius 1 is 1.24 bits per heavy atom. The largest absolute Gasteiger partial charge is 0.396 e. The molecule has 1 aliphatic heterocycles. The minimum absolute atomic E-state index is 0.358. The molecule has 1 unspecified atom stereocenters. The number of aliphatic hydroxyl groups is 1. The molecule has 1 atom stereocenters. The van der Waals surface area contributed by atoms with Crippen LogP contribution in [0, 0.1) is 12.8 Å². The van der Waals surface area contributed by atoms with Crippen LogP contribution in [-0.4, -0.2) is 42.8 Å². The van der Waals surface area contributed by atoms with Gasteiger partial charge in [0.05, 0.1) is 0 Å². The first-order valence-electron chi connectivity index (χ1n) is 8.36. The molecule has 0 aromatic heterocycles. The summed E-state index contributed by atoms with van der Waals surface area (Å²) in [6, 6.07) is 9.35. The maximum atomic E-state index is 9.21. The fourth-order valence-electron chi connectivity index (χ4n) is 3.14. The van der Waals surface area contributed by atoms with Crippen LogP contribution in [0.1, 0.15) is 43.4 Å². The molecule has 1 aromatic rings. The van der Waals surface area contributed by atoms with Crippen LogP contribution in [0.4, 0.5) is 0 Å². The fraction of sp³-hybridized carbons (Fsp3) is 0.667. The Balaban J connectivity index is 1.84. The van der Waals surface area contributed by atoms with E-state index >= 15 is 0 Å². The molecule has 1 aromatic carbocycles. The first-order chi connectivity index (χ1) is 10.2. The van der Waals surface area contributed by atoms with Gasteiger partial charge in [-0.05, 0) is 63.8 Å². The summed E-state index contributed by atoms with van der Waals surface area (Å²) in [6.45, 7) is 9.09. The molecule has 0 amide bonds. The number of nitrogens with zero attached hydrogens (tertiary/aromatic N) is 1. The molecular formula is C18H30N2O. The average Bonchev–Trinajstić information content (AvgIpc) is 2.53. The topological polar surface area (TPSA) is 35.5 Å². The third-order valence-electron chi connectivity index (χ3n) is 4.63. The zero-order chi connectivity index (χ0) is 15.1. The highest BCUT2D eigenvalue weighted by Crippen LogP contribution is 2.21. The number of aliphatic hydroxyl groups excluding tert-OH is 1. The number of hydrogen-bond donors (Lipinski definition) is 2. The highest BCUT2D eigenvalue weighted by molar-refractivity contribution is 5.24. The summed E-state index contributed by atoms with van der Waals surface area (Å²) < 4.78 is 0. The van der Waals surface area contributed by atoms with Crippen molar-refractivity contribution in [3.63, 3.8) is 0 Å². The number of likely N-dealkylation sites (tertiary alicyclic amines) is 1. The van der Waals surface area contributed by atoms with Gasteiger partial charge in [-0.2, -0.15) is 0 Å². The van der Waals surface area contributed by atoms with Crippen molar-refractivity contribution in [1.82, 2.24) is 10.2 Å². The zero-order valence-electron chi connectivity index (χ0n) is 13.5. The second-order valence-electron chi connectivity index (χ2n) is 6.28. The van der Waals surface area contributed by atoms with Gasteiger partial charge in [0.1, 0.15) is 0 Å². The predicted octanol–water partition coefficient (Wildman–Crippen LogP) is 2.74. The van der Waals surface area contributed by atoms with Crippen molar-refractivity contribution in [3.05, 3.63) is 35.4 Å². The van der Waals surface area contributed by atoms with Gasteiger partial charge in [-0.25, -0.2) is 0 Å². The molecule has 2 rings (SSSR count). The van der Waals surface area contributed by atoms with Crippen LogP contribution in [0.3, 0.4) is 0 Å². The summed E-state index contributed by atoms with van der Waals surface area (Å²) in [7, 11) is 0. The first-order valence-corrected chi connectivity index (χ1v) is 8.36. The molecule has 1 fully saturated rings. The molecular weight excluding hydrogens is 260 g/mol. The standard InChI is InChI=1S/C18H30N2O/c1-3-19-18(17-6-4-15(2)5-7-17)10-13-20-11-8-16(14-21)9-12-20/h4-7,16,18-19,21H,3,8-14H2,1-2H3. The van der Waals surface area contributed by atoms with Gasteiger partial charge < -0.3 is 15.3 Å². The van der Waals surface area contributed by atoms with Gasteiger partial charge >= 0.3 is 0 Å². The third kappa shape index (κ3) is 5.10. The van der Waals surface area contributed by atoms with Gasteiger partial charge in [0.2, 0.25) is 0 Å². The number of rotatable bonds is 7. The van der Waals surface area contributed by atoms with Crippen molar-refractivity contribution in [1.29, 1.82) is 0 Å². The molecule has 3 heteroatoms. The predicted molar refractivity (Wildman–Crippen MR) is 88.5 cm³/mol. The molecule has 0 aliphatic carbocycles. The summed E-state index contributed by atoms with van der Waals surface area (Å²) in [5, 5.41) is 12.8. The molecule has 1 aliphatic rings. The molecule has 0 radical (unpaired) electrons. The summed E-state index contributed by atoms with van der Waals surface area (Å²) in [5.74, 6) is 0.530. The van der Waals surface area contributed by atoms with Gasteiger partial charge in [-0.3, -0.25) is 0 Å². The summed E-state index contributed by atoms with van der Waals surface area (Å²) in [5.41, 5.74) is 2.72. The van der Waals surface area contributed by atoms with Crippen LogP contribution in [0.5, 0.6) is 0 Å². The number of aryl methyl sites for hydroxylation is 1. The lowest BCUT2D eigenvalue weighted by atomic mass is 9.97. The molecule has 0 bridgehead atoms. The van der Waals surface area contributed by atoms with E-state index in [0.29, 0.717) is 18.6 Å². The Labute approximate surface area is 129 Å². The van der Waals surface area contributed by atoms with E-state index in [0.717, 1.165) is 45.4 Å². The van der Waals surface area contributed by atoms with Gasteiger partial charge in [-0.15, -0.1) is 0 Å². The van der Waals surface area contributed by atoms with E-state index in [1.165, 1.54) is 11.1 Å². The highest BCUT2D eigenvalue weighted by Gasteiger charge is 2.19. The van der Waals surface area contributed by atoms with Crippen LogP contribution in [-0.2, 0) is 0 Å². The molecule has 21 heavy (non-hydrogen) atoms. The highest BCUT2D eigenvalue weighted by atomic mass is 16.3. The van der Waals surface area contributed by atoms with E-state index < -0.39 is 0 Å². The van der Waals surface area contributed by atoms with Crippen molar-refractivity contribution in [2.24, 2.45) is 5.92 Å². The second kappa shape index (κ2) is 8.52. The molecule has 2 N–H and O–H groups in total. The van der Waals surface area contributed by atoms with Crippen molar-refractivity contribution in [3.8, 4) is 0 Å². The van der Waals surface area contributed by atoms with E-state index in [4.69, 9.17) is 0 Å². The summed E-state index contributed by atoms with van der Waals surface area (Å²) >= 11 is 0. The summed E-state index contributed by atoms with van der Waals surface area (Å²) in [4.78, 5) is 2.55. The Kier molecular flexibility index (Phi) is 6.68. The molecule has 1 saturated heterocycles. The van der Waals surface area contributed by atoms with E-state index in [2.05, 4.69) is 48.3 Å². The lowest BCUT2D eigenvalue weighted by molar-refractivity contribution is 0.128. The third-order valence-corrected chi connectivity index (χ3v) is 4.63. The van der Waals surface area contributed by atoms with E-state index in [1.807, 2.05) is 0 Å². The van der Waals surface area contributed by atoms with Crippen LogP contribution >= 0.6 is 0 Å². The summed E-state index contributed by atoms with van der Waals surface area (Å²) in [6.07, 6.45) is 3.44. The Bertz CT molecular complexity index is 396. The number of benzene rings is 1. The van der Waals surface area contributed by atoms with Crippen LogP contribution < -0.4 is 5.32 Å². The van der Waals surface area contributed by atoms with E-state index in [-0.39, 0.29) is 0 Å². The SMILES string of the molecule is CCNC(CCN1CCC(CO)CC1)c1ccc(C)cc1. The van der Waals surface area contributed by atoms with Gasteiger partial charge in [0.15, 0.2) is 0 Å². The minimum Gasteiger partial charge on any atom is -0.396 e. The van der Waals surface area contributed by atoms with Crippen molar-refractivity contribution < 1.29 is 5.11 Å². The number of nitrogens with one attached hydrogen (secondary N) is 1. The van der Waals surface area contributed by atoms with E-state index in [9.17, 15) is 5.11 Å². The van der Waals surface area contributed by atoms with Crippen LogP contribution in [0.2, 0.25) is 0 Å². The zero-order valence-corrected chi connectivity index (χ0v) is 13.5. The molecule has 0 saturated carbocycles. The molecule has 0 spiro atoms. The minimum atomic E-state index is 0.358. The molecule has 1 heterocycles. The fourth-order valence-corrected chi connectivity index (χ4v) is 3.14. The van der Waals surface area contributed by atoms with Crippen molar-refractivity contribution in [2.45, 2.75) is 39.2 Å². The Morgan fingerprint density at radius 2 is 1.90 bits per heavy atom. The quantitative estimate of drug-likeness (QED) is 0.810. The van der Waals surface area contributed by atoms with Gasteiger partial charge in [0, 0.05) is 12.6 Å². The maximum absolute atomic E-state index is 9.21. The smallest absolute Gasteiger partial charge is 0.0460 e. The van der Waals surface area contributed by atoms with Gasteiger partial charge in [0.25, 0.3) is 0 Å². The Hall–Kier alpha value is -0.900. The van der Waals surface area contributed by atoms with E-state index in [1.54, 1.807) is 0 Å².